The van der Waals surface area contributed by atoms with Crippen LogP contribution in [0.4, 0.5) is 4.39 Å². The van der Waals surface area contributed by atoms with Crippen LogP contribution in [0.2, 0.25) is 0 Å². The van der Waals surface area contributed by atoms with Crippen molar-refractivity contribution in [2.75, 3.05) is 19.6 Å². The van der Waals surface area contributed by atoms with E-state index in [9.17, 15) is 12.8 Å². The number of benzene rings is 1. The molecule has 5 nitrogen and oxygen atoms in total. The predicted molar refractivity (Wildman–Crippen MR) is 99.8 cm³/mol. The molecule has 0 amide bonds. The summed E-state index contributed by atoms with van der Waals surface area (Å²) in [6, 6.07) is 8.91. The molecule has 1 aromatic carbocycles. The zero-order valence-corrected chi connectivity index (χ0v) is 15.9. The Balaban J connectivity index is 1.79. The summed E-state index contributed by atoms with van der Waals surface area (Å²) in [6.07, 6.45) is 6.68. The molecule has 0 radical (unpaired) electrons. The van der Waals surface area contributed by atoms with Crippen LogP contribution in [-0.2, 0) is 17.1 Å². The molecule has 1 fully saturated rings. The van der Waals surface area contributed by atoms with Crippen LogP contribution in [-0.4, -0.2) is 37.5 Å². The van der Waals surface area contributed by atoms with Gasteiger partial charge in [0.1, 0.15) is 5.82 Å². The van der Waals surface area contributed by atoms with E-state index >= 15 is 0 Å². The maximum absolute atomic E-state index is 13.1. The number of hydrogen-bond acceptors (Lipinski definition) is 3. The van der Waals surface area contributed by atoms with Gasteiger partial charge in [-0.2, -0.15) is 0 Å². The molecule has 0 aliphatic carbocycles. The van der Waals surface area contributed by atoms with E-state index in [2.05, 4.69) is 9.62 Å². The molecule has 142 valence electrons. The van der Waals surface area contributed by atoms with E-state index in [1.54, 1.807) is 0 Å². The second-order valence-electron chi connectivity index (χ2n) is 6.82. The zero-order valence-electron chi connectivity index (χ0n) is 15.1. The largest absolute Gasteiger partial charge is 0.353 e. The Morgan fingerprint density at radius 2 is 1.73 bits per heavy atom. The minimum Gasteiger partial charge on any atom is -0.353 e. The van der Waals surface area contributed by atoms with Crippen LogP contribution in [0.15, 0.2) is 47.5 Å². The Morgan fingerprint density at radius 1 is 1.08 bits per heavy atom. The quantitative estimate of drug-likeness (QED) is 0.839. The average molecular weight is 380 g/mol. The summed E-state index contributed by atoms with van der Waals surface area (Å²) in [6.45, 7) is 2.22. The summed E-state index contributed by atoms with van der Waals surface area (Å²) in [5.41, 5.74) is 1.09. The van der Waals surface area contributed by atoms with Crippen LogP contribution in [0, 0.1) is 5.82 Å². The molecule has 26 heavy (non-hydrogen) atoms. The normalized spacial score (nSPS) is 17.8. The lowest BCUT2D eigenvalue weighted by molar-refractivity contribution is 0.199. The molecule has 1 saturated heterocycles. The lowest BCUT2D eigenvalue weighted by Gasteiger charge is -2.31. The SMILES string of the molecule is Cn1cccc1[C@@H](CNS(=O)(=O)c1ccc(F)cc1)N1CCCCCC1. The van der Waals surface area contributed by atoms with Gasteiger partial charge in [0.05, 0.1) is 10.9 Å². The minimum atomic E-state index is -3.68. The van der Waals surface area contributed by atoms with E-state index in [1.807, 2.05) is 29.9 Å². The summed E-state index contributed by atoms with van der Waals surface area (Å²) >= 11 is 0. The number of likely N-dealkylation sites (tertiary alicyclic amines) is 1. The van der Waals surface area contributed by atoms with Crippen molar-refractivity contribution in [3.63, 3.8) is 0 Å². The number of rotatable bonds is 6. The third kappa shape index (κ3) is 4.52. The first-order valence-corrected chi connectivity index (χ1v) is 10.6. The highest BCUT2D eigenvalue weighted by molar-refractivity contribution is 7.89. The standard InChI is InChI=1S/C19H26FN3O2S/c1-22-12-6-7-18(22)19(23-13-4-2-3-5-14-23)15-21-26(24,25)17-10-8-16(20)9-11-17/h6-12,19,21H,2-5,13-15H2,1H3/t19-/m1/s1. The van der Waals surface area contributed by atoms with E-state index in [-0.39, 0.29) is 17.5 Å². The van der Waals surface area contributed by atoms with E-state index in [1.165, 1.54) is 25.0 Å². The van der Waals surface area contributed by atoms with Crippen LogP contribution in [0.3, 0.4) is 0 Å². The molecule has 2 aromatic rings. The number of nitrogens with zero attached hydrogens (tertiary/aromatic N) is 2. The van der Waals surface area contributed by atoms with Gasteiger partial charge in [0.15, 0.2) is 0 Å². The van der Waals surface area contributed by atoms with Crippen molar-refractivity contribution in [3.05, 3.63) is 54.1 Å². The third-order valence-corrected chi connectivity index (χ3v) is 6.44. The molecule has 7 heteroatoms. The number of hydrogen-bond donors (Lipinski definition) is 1. The van der Waals surface area contributed by atoms with Crippen molar-refractivity contribution in [2.45, 2.75) is 36.6 Å². The Kier molecular flexibility index (Phi) is 6.11. The molecule has 3 rings (SSSR count). The van der Waals surface area contributed by atoms with Gasteiger partial charge in [-0.1, -0.05) is 12.8 Å². The Morgan fingerprint density at radius 3 is 2.31 bits per heavy atom. The first kappa shape index (κ1) is 19.1. The van der Waals surface area contributed by atoms with Gasteiger partial charge in [-0.3, -0.25) is 4.90 Å². The lowest BCUT2D eigenvalue weighted by atomic mass is 10.1. The summed E-state index contributed by atoms with van der Waals surface area (Å²) in [5.74, 6) is -0.449. The minimum absolute atomic E-state index is 0.0247. The van der Waals surface area contributed by atoms with Gasteiger partial charge in [0, 0.05) is 25.5 Å². The van der Waals surface area contributed by atoms with Gasteiger partial charge >= 0.3 is 0 Å². The molecule has 1 aliphatic rings. The summed E-state index contributed by atoms with van der Waals surface area (Å²) in [4.78, 5) is 2.45. The number of nitrogens with one attached hydrogen (secondary N) is 1. The van der Waals surface area contributed by atoms with Crippen LogP contribution >= 0.6 is 0 Å². The number of halogens is 1. The molecule has 1 N–H and O–H groups in total. The van der Waals surface area contributed by atoms with Crippen molar-refractivity contribution >= 4 is 10.0 Å². The van der Waals surface area contributed by atoms with Crippen LogP contribution in [0.25, 0.3) is 0 Å². The molecule has 0 bridgehead atoms. The maximum Gasteiger partial charge on any atom is 0.240 e. The number of sulfonamides is 1. The Hall–Kier alpha value is -1.70. The molecule has 0 spiro atoms. The molecule has 0 unspecified atom stereocenters. The van der Waals surface area contributed by atoms with Crippen molar-refractivity contribution in [1.82, 2.24) is 14.2 Å². The summed E-state index contributed by atoms with van der Waals surface area (Å²) in [7, 11) is -1.70. The van der Waals surface area contributed by atoms with E-state index in [4.69, 9.17) is 0 Å². The average Bonchev–Trinajstić information content (AvgIpc) is 2.86. The fourth-order valence-electron chi connectivity index (χ4n) is 3.53. The summed E-state index contributed by atoms with van der Waals surface area (Å²) in [5, 5.41) is 0. The highest BCUT2D eigenvalue weighted by atomic mass is 32.2. The van der Waals surface area contributed by atoms with Crippen LogP contribution < -0.4 is 4.72 Å². The van der Waals surface area contributed by atoms with Crippen molar-refractivity contribution in [3.8, 4) is 0 Å². The molecular weight excluding hydrogens is 353 g/mol. The summed E-state index contributed by atoms with van der Waals surface area (Å²) < 4.78 is 43.0. The van der Waals surface area contributed by atoms with Crippen LogP contribution in [0.5, 0.6) is 0 Å². The second kappa shape index (κ2) is 8.33. The number of aromatic nitrogens is 1. The van der Waals surface area contributed by atoms with Gasteiger partial charge in [-0.05, 0) is 62.3 Å². The van der Waals surface area contributed by atoms with E-state index in [0.29, 0.717) is 0 Å². The molecule has 1 aliphatic heterocycles. The lowest BCUT2D eigenvalue weighted by Crippen LogP contribution is -2.39. The molecular formula is C19H26FN3O2S. The Bertz CT molecular complexity index is 810. The molecule has 1 aromatic heterocycles. The highest BCUT2D eigenvalue weighted by Crippen LogP contribution is 2.24. The van der Waals surface area contributed by atoms with Gasteiger partial charge in [0.25, 0.3) is 0 Å². The van der Waals surface area contributed by atoms with Crippen molar-refractivity contribution in [2.24, 2.45) is 7.05 Å². The van der Waals surface area contributed by atoms with E-state index < -0.39 is 15.8 Å². The zero-order chi connectivity index (χ0) is 18.6. The molecule has 2 heterocycles. The molecule has 0 saturated carbocycles. The van der Waals surface area contributed by atoms with Crippen LogP contribution in [0.1, 0.15) is 37.4 Å². The third-order valence-electron chi connectivity index (χ3n) is 5.00. The highest BCUT2D eigenvalue weighted by Gasteiger charge is 2.25. The van der Waals surface area contributed by atoms with Gasteiger partial charge in [0.2, 0.25) is 10.0 Å². The first-order valence-electron chi connectivity index (χ1n) is 9.08. The van der Waals surface area contributed by atoms with Crippen molar-refractivity contribution in [1.29, 1.82) is 0 Å². The van der Waals surface area contributed by atoms with Crippen molar-refractivity contribution < 1.29 is 12.8 Å². The van der Waals surface area contributed by atoms with Gasteiger partial charge < -0.3 is 4.57 Å². The van der Waals surface area contributed by atoms with Gasteiger partial charge in [-0.25, -0.2) is 17.5 Å². The fourth-order valence-corrected chi connectivity index (χ4v) is 4.57. The predicted octanol–water partition coefficient (Wildman–Crippen LogP) is 3.06. The molecule has 1 atom stereocenters. The van der Waals surface area contributed by atoms with Gasteiger partial charge in [-0.15, -0.1) is 0 Å². The Labute approximate surface area is 154 Å². The monoisotopic (exact) mass is 379 g/mol. The fraction of sp³-hybridized carbons (Fsp3) is 0.474. The number of aryl methyl sites for hydroxylation is 1. The first-order chi connectivity index (χ1) is 12.5. The topological polar surface area (TPSA) is 54.3 Å². The second-order valence-corrected chi connectivity index (χ2v) is 8.58. The van der Waals surface area contributed by atoms with E-state index in [0.717, 1.165) is 43.8 Å². The maximum atomic E-state index is 13.1. The smallest absolute Gasteiger partial charge is 0.240 e.